The third kappa shape index (κ3) is 5.80. The van der Waals surface area contributed by atoms with Gasteiger partial charge in [-0.25, -0.2) is 13.1 Å². The van der Waals surface area contributed by atoms with Crippen LogP contribution in [0.15, 0.2) is 23.1 Å². The van der Waals surface area contributed by atoms with Gasteiger partial charge in [-0.3, -0.25) is 4.79 Å². The zero-order chi connectivity index (χ0) is 16.8. The fraction of sp³-hybridized carbons (Fsp3) is 0.462. The number of carbonyl (C=O) groups is 1. The van der Waals surface area contributed by atoms with Crippen molar-refractivity contribution in [1.29, 1.82) is 0 Å². The van der Waals surface area contributed by atoms with Crippen LogP contribution in [0.3, 0.4) is 0 Å². The maximum absolute atomic E-state index is 12.1. The number of hydrogen-bond donors (Lipinski definition) is 2. The molecule has 0 aromatic heterocycles. The summed E-state index contributed by atoms with van der Waals surface area (Å²) in [6.45, 7) is 0.786. The maximum Gasteiger partial charge on any atom is 0.241 e. The van der Waals surface area contributed by atoms with Gasteiger partial charge in [0.1, 0.15) is 5.75 Å². The number of likely N-dealkylation sites (N-methyl/N-ethyl adjacent to an activating group) is 1. The monoisotopic (exact) mass is 349 g/mol. The van der Waals surface area contributed by atoms with Gasteiger partial charge in [0.25, 0.3) is 0 Å². The molecular weight excluding hydrogens is 330 g/mol. The van der Waals surface area contributed by atoms with Gasteiger partial charge < -0.3 is 15.0 Å². The fourth-order valence-corrected chi connectivity index (χ4v) is 2.87. The van der Waals surface area contributed by atoms with E-state index in [0.29, 0.717) is 18.8 Å². The lowest BCUT2D eigenvalue weighted by Gasteiger charge is -2.11. The molecule has 1 aromatic carbocycles. The molecule has 1 aromatic rings. The van der Waals surface area contributed by atoms with Crippen LogP contribution in [0.25, 0.3) is 0 Å². The van der Waals surface area contributed by atoms with E-state index in [1.807, 2.05) is 19.0 Å². The van der Waals surface area contributed by atoms with Crippen molar-refractivity contribution in [3.8, 4) is 5.75 Å². The SMILES string of the molecule is COc1ccc(S(=O)(=O)NCC(=O)NCCN(C)C)cc1Cl. The van der Waals surface area contributed by atoms with Crippen LogP contribution in [0.5, 0.6) is 5.75 Å². The van der Waals surface area contributed by atoms with E-state index in [-0.39, 0.29) is 16.5 Å². The molecular formula is C13H20ClN3O4S. The Bertz CT molecular complexity index is 620. The molecule has 0 spiro atoms. The van der Waals surface area contributed by atoms with Gasteiger partial charge in [0.2, 0.25) is 15.9 Å². The highest BCUT2D eigenvalue weighted by molar-refractivity contribution is 7.89. The van der Waals surface area contributed by atoms with Crippen molar-refractivity contribution in [3.63, 3.8) is 0 Å². The molecule has 7 nitrogen and oxygen atoms in total. The Morgan fingerprint density at radius 1 is 1.36 bits per heavy atom. The van der Waals surface area contributed by atoms with Crippen molar-refractivity contribution >= 4 is 27.5 Å². The second-order valence-corrected chi connectivity index (χ2v) is 6.95. The lowest BCUT2D eigenvalue weighted by Crippen LogP contribution is -2.39. The standard InChI is InChI=1S/C13H20ClN3O4S/c1-17(2)7-6-15-13(18)9-16-22(19,20)10-4-5-12(21-3)11(14)8-10/h4-5,8,16H,6-7,9H2,1-3H3,(H,15,18). The number of halogens is 1. The molecule has 0 aliphatic heterocycles. The normalized spacial score (nSPS) is 11.5. The van der Waals surface area contributed by atoms with Crippen molar-refractivity contribution in [1.82, 2.24) is 14.9 Å². The summed E-state index contributed by atoms with van der Waals surface area (Å²) in [6.07, 6.45) is 0. The molecule has 0 aliphatic carbocycles. The number of carbonyl (C=O) groups excluding carboxylic acids is 1. The second-order valence-electron chi connectivity index (χ2n) is 4.77. The Balaban J connectivity index is 2.60. The Morgan fingerprint density at radius 2 is 2.05 bits per heavy atom. The molecule has 1 amide bonds. The first kappa shape index (κ1) is 18.7. The van der Waals surface area contributed by atoms with E-state index >= 15 is 0 Å². The van der Waals surface area contributed by atoms with Crippen LogP contribution in [-0.4, -0.2) is 60.1 Å². The Hall–Kier alpha value is -1.35. The number of methoxy groups -OCH3 is 1. The highest BCUT2D eigenvalue weighted by atomic mass is 35.5. The molecule has 0 saturated heterocycles. The number of amides is 1. The first-order valence-electron chi connectivity index (χ1n) is 6.51. The molecule has 1 rings (SSSR count). The van der Waals surface area contributed by atoms with Crippen molar-refractivity contribution in [3.05, 3.63) is 23.2 Å². The van der Waals surface area contributed by atoms with Gasteiger partial charge in [-0.2, -0.15) is 0 Å². The first-order chi connectivity index (χ1) is 10.3. The predicted molar refractivity (Wildman–Crippen MR) is 84.8 cm³/mol. The Kier molecular flexibility index (Phi) is 7.08. The minimum atomic E-state index is -3.81. The van der Waals surface area contributed by atoms with Crippen LogP contribution < -0.4 is 14.8 Å². The lowest BCUT2D eigenvalue weighted by molar-refractivity contribution is -0.119. The van der Waals surface area contributed by atoms with E-state index in [9.17, 15) is 13.2 Å². The van der Waals surface area contributed by atoms with E-state index < -0.39 is 15.9 Å². The molecule has 0 aliphatic rings. The van der Waals surface area contributed by atoms with Crippen molar-refractivity contribution in [2.75, 3.05) is 40.8 Å². The molecule has 0 unspecified atom stereocenters. The Labute approximate surface area is 135 Å². The summed E-state index contributed by atoms with van der Waals surface area (Å²) in [5.41, 5.74) is 0. The summed E-state index contributed by atoms with van der Waals surface area (Å²) < 4.78 is 31.3. The van der Waals surface area contributed by atoms with E-state index in [0.717, 1.165) is 0 Å². The average Bonchev–Trinajstić information content (AvgIpc) is 2.44. The fourth-order valence-electron chi connectivity index (χ4n) is 1.54. The van der Waals surface area contributed by atoms with Crippen LogP contribution in [0, 0.1) is 0 Å². The quantitative estimate of drug-likeness (QED) is 0.705. The molecule has 0 heterocycles. The molecule has 0 fully saturated rings. The van der Waals surface area contributed by atoms with E-state index in [1.165, 1.54) is 25.3 Å². The van der Waals surface area contributed by atoms with Gasteiger partial charge in [0.05, 0.1) is 23.6 Å². The molecule has 124 valence electrons. The highest BCUT2D eigenvalue weighted by Gasteiger charge is 2.17. The van der Waals surface area contributed by atoms with Crippen LogP contribution in [0.1, 0.15) is 0 Å². The number of benzene rings is 1. The van der Waals surface area contributed by atoms with E-state index in [1.54, 1.807) is 0 Å². The third-order valence-corrected chi connectivity index (χ3v) is 4.43. The van der Waals surface area contributed by atoms with Gasteiger partial charge in [-0.1, -0.05) is 11.6 Å². The average molecular weight is 350 g/mol. The summed E-state index contributed by atoms with van der Waals surface area (Å²) in [7, 11) is 1.39. The van der Waals surface area contributed by atoms with Crippen molar-refractivity contribution in [2.24, 2.45) is 0 Å². The summed E-state index contributed by atoms with van der Waals surface area (Å²) in [6, 6.07) is 4.08. The largest absolute Gasteiger partial charge is 0.495 e. The predicted octanol–water partition coefficient (Wildman–Crippen LogP) is 0.305. The molecule has 0 bridgehead atoms. The van der Waals surface area contributed by atoms with Crippen LogP contribution >= 0.6 is 11.6 Å². The van der Waals surface area contributed by atoms with Crippen LogP contribution in [0.2, 0.25) is 5.02 Å². The molecule has 0 radical (unpaired) electrons. The number of sulfonamides is 1. The minimum Gasteiger partial charge on any atom is -0.495 e. The number of rotatable bonds is 8. The molecule has 22 heavy (non-hydrogen) atoms. The molecule has 2 N–H and O–H groups in total. The molecule has 9 heteroatoms. The number of ether oxygens (including phenoxy) is 1. The molecule has 0 atom stereocenters. The van der Waals surface area contributed by atoms with Crippen LogP contribution in [0.4, 0.5) is 0 Å². The first-order valence-corrected chi connectivity index (χ1v) is 8.37. The number of nitrogens with one attached hydrogen (secondary N) is 2. The summed E-state index contributed by atoms with van der Waals surface area (Å²) in [5, 5.41) is 2.80. The van der Waals surface area contributed by atoms with Crippen molar-refractivity contribution in [2.45, 2.75) is 4.90 Å². The number of nitrogens with zero attached hydrogens (tertiary/aromatic N) is 1. The van der Waals surface area contributed by atoms with Gasteiger partial charge >= 0.3 is 0 Å². The minimum absolute atomic E-state index is 0.0283. The van der Waals surface area contributed by atoms with Gasteiger partial charge in [-0.15, -0.1) is 0 Å². The third-order valence-electron chi connectivity index (χ3n) is 2.74. The van der Waals surface area contributed by atoms with Crippen LogP contribution in [-0.2, 0) is 14.8 Å². The van der Waals surface area contributed by atoms with Crippen molar-refractivity contribution < 1.29 is 17.9 Å². The van der Waals surface area contributed by atoms with Gasteiger partial charge in [0, 0.05) is 13.1 Å². The number of hydrogen-bond acceptors (Lipinski definition) is 5. The summed E-state index contributed by atoms with van der Waals surface area (Å²) in [5.74, 6) is -0.0212. The zero-order valence-electron chi connectivity index (χ0n) is 12.7. The summed E-state index contributed by atoms with van der Waals surface area (Å²) in [4.78, 5) is 13.4. The smallest absolute Gasteiger partial charge is 0.241 e. The summed E-state index contributed by atoms with van der Waals surface area (Å²) >= 11 is 5.90. The zero-order valence-corrected chi connectivity index (χ0v) is 14.3. The van der Waals surface area contributed by atoms with Gasteiger partial charge in [0.15, 0.2) is 0 Å². The topological polar surface area (TPSA) is 87.7 Å². The highest BCUT2D eigenvalue weighted by Crippen LogP contribution is 2.26. The lowest BCUT2D eigenvalue weighted by atomic mass is 10.3. The van der Waals surface area contributed by atoms with E-state index in [2.05, 4.69) is 10.0 Å². The molecule has 0 saturated carbocycles. The Morgan fingerprint density at radius 3 is 2.59 bits per heavy atom. The maximum atomic E-state index is 12.1. The van der Waals surface area contributed by atoms with E-state index in [4.69, 9.17) is 16.3 Å². The second kappa shape index (κ2) is 8.33. The van der Waals surface area contributed by atoms with Gasteiger partial charge in [-0.05, 0) is 32.3 Å².